The summed E-state index contributed by atoms with van der Waals surface area (Å²) in [5.41, 5.74) is 2.06. The molecule has 0 amide bonds. The first-order chi connectivity index (χ1) is 10.5. The van der Waals surface area contributed by atoms with Crippen molar-refractivity contribution in [1.82, 2.24) is 0 Å². The van der Waals surface area contributed by atoms with Crippen molar-refractivity contribution in [3.8, 4) is 6.07 Å². The first kappa shape index (κ1) is 14.6. The van der Waals surface area contributed by atoms with E-state index in [4.69, 9.17) is 11.6 Å². The van der Waals surface area contributed by atoms with Crippen LogP contribution < -0.4 is 4.90 Å². The average Bonchev–Trinajstić information content (AvgIpc) is 2.51. The fourth-order valence-corrected chi connectivity index (χ4v) is 3.87. The molecule has 1 aliphatic heterocycles. The largest absolute Gasteiger partial charge is 0.313 e. The van der Waals surface area contributed by atoms with Gasteiger partial charge in [0, 0.05) is 11.2 Å². The van der Waals surface area contributed by atoms with Gasteiger partial charge in [-0.2, -0.15) is 5.26 Å². The van der Waals surface area contributed by atoms with Crippen molar-refractivity contribution >= 4 is 32.8 Å². The van der Waals surface area contributed by atoms with Crippen LogP contribution in [0, 0.1) is 18.3 Å². The summed E-state index contributed by atoms with van der Waals surface area (Å²) < 4.78 is 24.8. The molecule has 110 valence electrons. The highest BCUT2D eigenvalue weighted by Gasteiger charge is 2.32. The molecule has 3 rings (SSSR count). The molecule has 2 aromatic rings. The van der Waals surface area contributed by atoms with Crippen LogP contribution in [-0.2, 0) is 9.84 Å². The van der Waals surface area contributed by atoms with Gasteiger partial charge in [0.05, 0.1) is 16.3 Å². The third kappa shape index (κ3) is 2.08. The van der Waals surface area contributed by atoms with Crippen molar-refractivity contribution in [1.29, 1.82) is 5.26 Å². The molecule has 1 heterocycles. The Morgan fingerprint density at radius 2 is 1.77 bits per heavy atom. The zero-order chi connectivity index (χ0) is 15.9. The van der Waals surface area contributed by atoms with Gasteiger partial charge in [-0.1, -0.05) is 29.8 Å². The minimum atomic E-state index is -3.77. The highest BCUT2D eigenvalue weighted by Crippen LogP contribution is 2.41. The lowest BCUT2D eigenvalue weighted by Crippen LogP contribution is -2.21. The van der Waals surface area contributed by atoms with Crippen LogP contribution in [0.3, 0.4) is 0 Å². The van der Waals surface area contributed by atoms with Crippen LogP contribution in [0.4, 0.5) is 11.4 Å². The van der Waals surface area contributed by atoms with Crippen molar-refractivity contribution in [2.75, 3.05) is 4.90 Å². The first-order valence-corrected chi connectivity index (χ1v) is 8.33. The number of fused-ring (bicyclic) bond motifs is 1. The Kier molecular flexibility index (Phi) is 3.44. The lowest BCUT2D eigenvalue weighted by atomic mass is 10.1. The van der Waals surface area contributed by atoms with E-state index in [1.165, 1.54) is 12.3 Å². The first-order valence-electron chi connectivity index (χ1n) is 6.47. The number of nitriles is 1. The van der Waals surface area contributed by atoms with Crippen molar-refractivity contribution < 1.29 is 8.42 Å². The average molecular weight is 331 g/mol. The van der Waals surface area contributed by atoms with Crippen LogP contribution in [0.2, 0.25) is 5.02 Å². The molecule has 22 heavy (non-hydrogen) atoms. The second-order valence-electron chi connectivity index (χ2n) is 4.83. The Bertz CT molecular complexity index is 943. The summed E-state index contributed by atoms with van der Waals surface area (Å²) in [5, 5.41) is 9.77. The number of hydrogen-bond acceptors (Lipinski definition) is 4. The van der Waals surface area contributed by atoms with E-state index in [1.807, 2.05) is 13.0 Å². The normalized spacial score (nSPS) is 15.7. The van der Waals surface area contributed by atoms with E-state index >= 15 is 0 Å². The summed E-state index contributed by atoms with van der Waals surface area (Å²) in [6.45, 7) is 1.85. The maximum atomic E-state index is 12.4. The standard InChI is InChI=1S/C16H11ClN2O2S/c1-11-13(17)5-4-7-14(11)19-10-12(9-18)22(20,21)16-8-3-2-6-15(16)19/h2-8,10H,1H3. The fourth-order valence-electron chi connectivity index (χ4n) is 2.40. The molecule has 4 nitrogen and oxygen atoms in total. The number of rotatable bonds is 1. The van der Waals surface area contributed by atoms with Gasteiger partial charge in [0.1, 0.15) is 6.07 Å². The molecule has 0 saturated heterocycles. The van der Waals surface area contributed by atoms with Gasteiger partial charge in [-0.25, -0.2) is 8.42 Å². The molecule has 0 bridgehead atoms. The van der Waals surface area contributed by atoms with E-state index in [9.17, 15) is 13.7 Å². The summed E-state index contributed by atoms with van der Waals surface area (Å²) in [5.74, 6) is 0. The van der Waals surface area contributed by atoms with E-state index in [1.54, 1.807) is 41.3 Å². The number of hydrogen-bond donors (Lipinski definition) is 0. The molecule has 0 atom stereocenters. The fraction of sp³-hybridized carbons (Fsp3) is 0.0625. The zero-order valence-corrected chi connectivity index (χ0v) is 13.2. The number of sulfone groups is 1. The van der Waals surface area contributed by atoms with Crippen LogP contribution in [0.25, 0.3) is 0 Å². The molecule has 2 aromatic carbocycles. The lowest BCUT2D eigenvalue weighted by Gasteiger charge is -2.28. The van der Waals surface area contributed by atoms with Gasteiger partial charge in [-0.15, -0.1) is 0 Å². The van der Waals surface area contributed by atoms with Crippen LogP contribution in [-0.4, -0.2) is 8.42 Å². The molecule has 0 aliphatic carbocycles. The van der Waals surface area contributed by atoms with E-state index in [0.717, 1.165) is 11.3 Å². The predicted molar refractivity (Wildman–Crippen MR) is 85.7 cm³/mol. The van der Waals surface area contributed by atoms with Crippen LogP contribution in [0.1, 0.15) is 5.56 Å². The minimum Gasteiger partial charge on any atom is -0.313 e. The van der Waals surface area contributed by atoms with Gasteiger partial charge in [0.15, 0.2) is 4.91 Å². The SMILES string of the molecule is Cc1c(Cl)cccc1N1C=C(C#N)S(=O)(=O)c2ccccc21. The zero-order valence-electron chi connectivity index (χ0n) is 11.6. The number of allylic oxidation sites excluding steroid dienone is 1. The van der Waals surface area contributed by atoms with Crippen molar-refractivity contribution in [2.24, 2.45) is 0 Å². The molecule has 0 unspecified atom stereocenters. The summed E-state index contributed by atoms with van der Waals surface area (Å²) in [7, 11) is -3.77. The Balaban J connectivity index is 2.33. The molecule has 0 aromatic heterocycles. The summed E-state index contributed by atoms with van der Waals surface area (Å²) in [6, 6.07) is 13.8. The van der Waals surface area contributed by atoms with E-state index in [0.29, 0.717) is 10.7 Å². The van der Waals surface area contributed by atoms with E-state index < -0.39 is 9.84 Å². The Morgan fingerprint density at radius 1 is 1.09 bits per heavy atom. The van der Waals surface area contributed by atoms with Gasteiger partial charge in [0.2, 0.25) is 9.84 Å². The predicted octanol–water partition coefficient (Wildman–Crippen LogP) is 3.94. The van der Waals surface area contributed by atoms with Gasteiger partial charge >= 0.3 is 0 Å². The smallest absolute Gasteiger partial charge is 0.220 e. The summed E-state index contributed by atoms with van der Waals surface area (Å²) in [6.07, 6.45) is 1.34. The monoisotopic (exact) mass is 330 g/mol. The van der Waals surface area contributed by atoms with Crippen LogP contribution in [0.15, 0.2) is 58.5 Å². The number of nitrogens with zero attached hydrogens (tertiary/aromatic N) is 2. The van der Waals surface area contributed by atoms with Crippen molar-refractivity contribution in [3.05, 3.63) is 64.2 Å². The summed E-state index contributed by atoms with van der Waals surface area (Å²) in [4.78, 5) is 1.52. The van der Waals surface area contributed by atoms with Crippen LogP contribution in [0.5, 0.6) is 0 Å². The second kappa shape index (κ2) is 5.16. The third-order valence-electron chi connectivity index (χ3n) is 3.56. The Hall–Kier alpha value is -2.29. The second-order valence-corrected chi connectivity index (χ2v) is 7.12. The number of halogens is 1. The van der Waals surface area contributed by atoms with E-state index in [-0.39, 0.29) is 9.80 Å². The van der Waals surface area contributed by atoms with Gasteiger partial charge in [-0.05, 0) is 36.8 Å². The Labute approximate surface area is 133 Å². The molecule has 6 heteroatoms. The molecule has 0 N–H and O–H groups in total. The maximum Gasteiger partial charge on any atom is 0.220 e. The summed E-state index contributed by atoms with van der Waals surface area (Å²) >= 11 is 6.16. The van der Waals surface area contributed by atoms with Crippen molar-refractivity contribution in [3.63, 3.8) is 0 Å². The van der Waals surface area contributed by atoms with Gasteiger partial charge in [-0.3, -0.25) is 0 Å². The van der Waals surface area contributed by atoms with Crippen molar-refractivity contribution in [2.45, 2.75) is 11.8 Å². The molecular weight excluding hydrogens is 320 g/mol. The number of benzene rings is 2. The molecule has 0 fully saturated rings. The van der Waals surface area contributed by atoms with Gasteiger partial charge < -0.3 is 4.90 Å². The highest BCUT2D eigenvalue weighted by molar-refractivity contribution is 7.95. The topological polar surface area (TPSA) is 61.2 Å². The van der Waals surface area contributed by atoms with E-state index in [2.05, 4.69) is 0 Å². The minimum absolute atomic E-state index is 0.119. The quantitative estimate of drug-likeness (QED) is 0.794. The molecule has 0 radical (unpaired) electrons. The number of para-hydroxylation sites is 1. The molecular formula is C16H11ClN2O2S. The maximum absolute atomic E-state index is 12.4. The lowest BCUT2D eigenvalue weighted by molar-refractivity contribution is 0.602. The highest BCUT2D eigenvalue weighted by atomic mass is 35.5. The van der Waals surface area contributed by atoms with Gasteiger partial charge in [0.25, 0.3) is 0 Å². The third-order valence-corrected chi connectivity index (χ3v) is 5.67. The molecule has 0 spiro atoms. The number of anilines is 2. The molecule has 1 aliphatic rings. The van der Waals surface area contributed by atoms with Crippen LogP contribution >= 0.6 is 11.6 Å². The Morgan fingerprint density at radius 3 is 2.50 bits per heavy atom. The molecule has 0 saturated carbocycles.